The van der Waals surface area contributed by atoms with Gasteiger partial charge in [-0.3, -0.25) is 0 Å². The van der Waals surface area contributed by atoms with Gasteiger partial charge in [-0.1, -0.05) is 12.0 Å². The van der Waals surface area contributed by atoms with Gasteiger partial charge in [-0.25, -0.2) is 4.52 Å². The first-order chi connectivity index (χ1) is 11.8. The van der Waals surface area contributed by atoms with Crippen LogP contribution in [0.25, 0.3) is 5.52 Å². The Balaban J connectivity index is 1.40. The number of benzene rings is 1. The number of nitrogens with zero attached hydrogens (tertiary/aromatic N) is 3. The Morgan fingerprint density at radius 3 is 2.62 bits per heavy atom. The van der Waals surface area contributed by atoms with E-state index in [1.54, 1.807) is 4.90 Å². The number of quaternary nitrogens is 1. The molecule has 1 aliphatic rings. The fourth-order valence-corrected chi connectivity index (χ4v) is 3.42. The van der Waals surface area contributed by atoms with Crippen LogP contribution in [0.2, 0.25) is 0 Å². The molecule has 0 radical (unpaired) electrons. The summed E-state index contributed by atoms with van der Waals surface area (Å²) in [6.07, 6.45) is 9.44. The maximum absolute atomic E-state index is 5.43. The molecule has 2 aromatic heterocycles. The molecule has 0 spiro atoms. The summed E-state index contributed by atoms with van der Waals surface area (Å²) in [5.41, 5.74) is 4.76. The lowest BCUT2D eigenvalue weighted by molar-refractivity contribution is -0.914. The van der Waals surface area contributed by atoms with Gasteiger partial charge in [0.25, 0.3) is 0 Å². The van der Waals surface area contributed by atoms with E-state index in [9.17, 15) is 0 Å². The third kappa shape index (κ3) is 2.86. The molecule has 1 aliphatic heterocycles. The van der Waals surface area contributed by atoms with Crippen LogP contribution < -0.4 is 9.80 Å². The van der Waals surface area contributed by atoms with Crippen LogP contribution in [0, 0.1) is 12.3 Å². The third-order valence-electron chi connectivity index (χ3n) is 4.82. The van der Waals surface area contributed by atoms with Crippen LogP contribution in [0.4, 0.5) is 5.69 Å². The summed E-state index contributed by atoms with van der Waals surface area (Å²) < 4.78 is 1.96. The first kappa shape index (κ1) is 14.8. The van der Waals surface area contributed by atoms with Crippen molar-refractivity contribution in [2.24, 2.45) is 0 Å². The van der Waals surface area contributed by atoms with Crippen LogP contribution in [0.3, 0.4) is 0 Å². The zero-order valence-electron chi connectivity index (χ0n) is 13.7. The molecule has 1 saturated heterocycles. The Morgan fingerprint density at radius 1 is 1.08 bits per heavy atom. The molecular weight excluding hydrogens is 296 g/mol. The average molecular weight is 317 g/mol. The zero-order chi connectivity index (χ0) is 16.4. The van der Waals surface area contributed by atoms with Gasteiger partial charge in [-0.05, 0) is 36.4 Å². The first-order valence-corrected chi connectivity index (χ1v) is 8.40. The summed E-state index contributed by atoms with van der Waals surface area (Å²) in [4.78, 5) is 4.06. The van der Waals surface area contributed by atoms with Crippen molar-refractivity contribution in [3.63, 3.8) is 0 Å². The number of hydrogen-bond acceptors (Lipinski definition) is 2. The predicted octanol–water partition coefficient (Wildman–Crippen LogP) is 1.22. The van der Waals surface area contributed by atoms with Crippen molar-refractivity contribution >= 4 is 11.2 Å². The molecule has 0 amide bonds. The summed E-state index contributed by atoms with van der Waals surface area (Å²) >= 11 is 0. The Morgan fingerprint density at radius 2 is 1.88 bits per heavy atom. The molecule has 0 bridgehead atoms. The highest BCUT2D eigenvalue weighted by molar-refractivity contribution is 5.53. The highest BCUT2D eigenvalue weighted by atomic mass is 15.3. The van der Waals surface area contributed by atoms with Gasteiger partial charge in [0.2, 0.25) is 0 Å². The molecule has 4 rings (SSSR count). The number of hydrogen-bond donors (Lipinski definition) is 1. The monoisotopic (exact) mass is 317 g/mol. The first-order valence-electron chi connectivity index (χ1n) is 8.40. The van der Waals surface area contributed by atoms with Gasteiger partial charge in [0, 0.05) is 17.4 Å². The molecule has 0 saturated carbocycles. The van der Waals surface area contributed by atoms with E-state index in [0.717, 1.165) is 38.3 Å². The molecule has 24 heavy (non-hydrogen) atoms. The predicted molar refractivity (Wildman–Crippen MR) is 96.2 cm³/mol. The van der Waals surface area contributed by atoms with Gasteiger partial charge < -0.3 is 9.80 Å². The topological polar surface area (TPSA) is 25.0 Å². The number of anilines is 1. The zero-order valence-corrected chi connectivity index (χ0v) is 13.7. The summed E-state index contributed by atoms with van der Waals surface area (Å²) in [5.74, 6) is 2.67. The van der Waals surface area contributed by atoms with Gasteiger partial charge in [-0.2, -0.15) is 5.10 Å². The maximum Gasteiger partial charge on any atom is 0.107 e. The van der Waals surface area contributed by atoms with Gasteiger partial charge in [-0.15, -0.1) is 6.42 Å². The quantitative estimate of drug-likeness (QED) is 0.735. The van der Waals surface area contributed by atoms with Crippen LogP contribution in [-0.2, 0) is 6.54 Å². The van der Waals surface area contributed by atoms with Gasteiger partial charge >= 0.3 is 0 Å². The van der Waals surface area contributed by atoms with E-state index >= 15 is 0 Å². The van der Waals surface area contributed by atoms with Crippen LogP contribution in [0.15, 0.2) is 54.9 Å². The number of pyridine rings is 1. The minimum absolute atomic E-state index is 0.941. The second kappa shape index (κ2) is 6.38. The Bertz CT molecular complexity index is 865. The van der Waals surface area contributed by atoms with E-state index < -0.39 is 0 Å². The molecule has 0 aliphatic carbocycles. The smallest absolute Gasteiger partial charge is 0.107 e. The maximum atomic E-state index is 5.43. The molecule has 0 unspecified atom stereocenters. The third-order valence-corrected chi connectivity index (χ3v) is 4.82. The van der Waals surface area contributed by atoms with Crippen LogP contribution in [-0.4, -0.2) is 35.8 Å². The SMILES string of the molecule is C#Cc1ccc(N2CC[NH+](Cc3cnn4ccccc34)CC2)cc1. The van der Waals surface area contributed by atoms with E-state index in [2.05, 4.69) is 40.2 Å². The van der Waals surface area contributed by atoms with Gasteiger partial charge in [0.1, 0.15) is 6.54 Å². The fraction of sp³-hybridized carbons (Fsp3) is 0.250. The van der Waals surface area contributed by atoms with E-state index in [-0.39, 0.29) is 0 Å². The van der Waals surface area contributed by atoms with Crippen molar-refractivity contribution in [3.8, 4) is 12.3 Å². The van der Waals surface area contributed by atoms with Crippen molar-refractivity contribution in [3.05, 3.63) is 66.0 Å². The number of terminal acetylenes is 1. The van der Waals surface area contributed by atoms with E-state index in [1.165, 1.54) is 16.8 Å². The highest BCUT2D eigenvalue weighted by Gasteiger charge is 2.21. The molecular formula is C20H21N4+. The summed E-state index contributed by atoms with van der Waals surface area (Å²) in [6, 6.07) is 14.5. The molecule has 3 heterocycles. The standard InChI is InChI=1S/C20H20N4/c1-2-17-6-8-19(9-7-17)23-13-11-22(12-14-23)16-18-15-21-24-10-4-3-5-20(18)24/h1,3-10,15H,11-14,16H2/p+1. The summed E-state index contributed by atoms with van der Waals surface area (Å²) in [5, 5.41) is 4.44. The Hall–Kier alpha value is -2.77. The molecule has 4 heteroatoms. The van der Waals surface area contributed by atoms with Crippen LogP contribution in [0.5, 0.6) is 0 Å². The highest BCUT2D eigenvalue weighted by Crippen LogP contribution is 2.15. The number of aromatic nitrogens is 2. The molecule has 1 N–H and O–H groups in total. The normalized spacial score (nSPS) is 15.5. The van der Waals surface area contributed by atoms with E-state index in [0.29, 0.717) is 0 Å². The number of piperazine rings is 1. The molecule has 1 fully saturated rings. The van der Waals surface area contributed by atoms with Crippen molar-refractivity contribution < 1.29 is 4.90 Å². The lowest BCUT2D eigenvalue weighted by Gasteiger charge is -2.33. The Kier molecular flexibility index (Phi) is 3.94. The van der Waals surface area contributed by atoms with Gasteiger partial charge in [0.05, 0.1) is 43.5 Å². The van der Waals surface area contributed by atoms with Gasteiger partial charge in [0.15, 0.2) is 0 Å². The Labute approximate surface area is 142 Å². The minimum Gasteiger partial charge on any atom is -0.360 e. The molecule has 4 nitrogen and oxygen atoms in total. The molecule has 0 atom stereocenters. The van der Waals surface area contributed by atoms with Crippen molar-refractivity contribution in [2.45, 2.75) is 6.54 Å². The van der Waals surface area contributed by atoms with Crippen molar-refractivity contribution in [2.75, 3.05) is 31.1 Å². The number of fused-ring (bicyclic) bond motifs is 1. The average Bonchev–Trinajstić information content (AvgIpc) is 3.06. The second-order valence-electron chi connectivity index (χ2n) is 6.31. The second-order valence-corrected chi connectivity index (χ2v) is 6.31. The lowest BCUT2D eigenvalue weighted by Crippen LogP contribution is -3.13. The van der Waals surface area contributed by atoms with Crippen LogP contribution in [0.1, 0.15) is 11.1 Å². The van der Waals surface area contributed by atoms with Crippen molar-refractivity contribution in [1.82, 2.24) is 9.61 Å². The van der Waals surface area contributed by atoms with E-state index in [1.807, 2.05) is 35.1 Å². The molecule has 120 valence electrons. The van der Waals surface area contributed by atoms with E-state index in [4.69, 9.17) is 6.42 Å². The summed E-state index contributed by atoms with van der Waals surface area (Å²) in [6.45, 7) is 5.47. The largest absolute Gasteiger partial charge is 0.360 e. The number of rotatable bonds is 3. The van der Waals surface area contributed by atoms with Crippen molar-refractivity contribution in [1.29, 1.82) is 0 Å². The minimum atomic E-state index is 0.941. The van der Waals surface area contributed by atoms with Crippen LogP contribution >= 0.6 is 0 Å². The molecule has 3 aromatic rings. The summed E-state index contributed by atoms with van der Waals surface area (Å²) in [7, 11) is 0. The lowest BCUT2D eigenvalue weighted by atomic mass is 10.1. The molecule has 1 aromatic carbocycles. The fourth-order valence-electron chi connectivity index (χ4n) is 3.42. The number of nitrogens with one attached hydrogen (secondary N) is 1.